The lowest BCUT2D eigenvalue weighted by Gasteiger charge is -2.21. The lowest BCUT2D eigenvalue weighted by atomic mass is 10.1. The SMILES string of the molecule is CN1CCC(CN(C)S(=O)(=O)c2ccc(CCl)cc2F)C1. The van der Waals surface area contributed by atoms with Gasteiger partial charge in [0.15, 0.2) is 0 Å². The summed E-state index contributed by atoms with van der Waals surface area (Å²) in [5.41, 5.74) is 0.563. The standard InChI is InChI=1S/C14H20ClFN2O2S/c1-17-6-5-12(9-17)10-18(2)21(19,20)14-4-3-11(8-15)7-13(14)16/h3-4,7,12H,5-6,8-10H2,1-2H3. The first-order chi connectivity index (χ1) is 9.84. The van der Waals surface area contributed by atoms with E-state index in [9.17, 15) is 12.8 Å². The van der Waals surface area contributed by atoms with Crippen LogP contribution in [0.3, 0.4) is 0 Å². The molecule has 1 aromatic rings. The van der Waals surface area contributed by atoms with Gasteiger partial charge < -0.3 is 4.90 Å². The number of hydrogen-bond acceptors (Lipinski definition) is 3. The van der Waals surface area contributed by atoms with Crippen LogP contribution < -0.4 is 0 Å². The summed E-state index contributed by atoms with van der Waals surface area (Å²) in [7, 11) is -0.287. The molecule has 0 N–H and O–H groups in total. The van der Waals surface area contributed by atoms with E-state index in [1.807, 2.05) is 7.05 Å². The fraction of sp³-hybridized carbons (Fsp3) is 0.571. The molecule has 1 unspecified atom stereocenters. The molecule has 0 bridgehead atoms. The Labute approximate surface area is 130 Å². The van der Waals surface area contributed by atoms with Crippen molar-refractivity contribution in [3.8, 4) is 0 Å². The van der Waals surface area contributed by atoms with Crippen LogP contribution in [0.25, 0.3) is 0 Å². The summed E-state index contributed by atoms with van der Waals surface area (Å²) in [5.74, 6) is -0.301. The molecular weight excluding hydrogens is 315 g/mol. The van der Waals surface area contributed by atoms with Crippen LogP contribution in [0.5, 0.6) is 0 Å². The monoisotopic (exact) mass is 334 g/mol. The summed E-state index contributed by atoms with van der Waals surface area (Å²) in [6.07, 6.45) is 0.962. The van der Waals surface area contributed by atoms with E-state index in [-0.39, 0.29) is 10.8 Å². The van der Waals surface area contributed by atoms with Gasteiger partial charge in [-0.25, -0.2) is 17.1 Å². The van der Waals surface area contributed by atoms with E-state index in [1.54, 1.807) is 6.07 Å². The Morgan fingerprint density at radius 2 is 2.19 bits per heavy atom. The number of hydrogen-bond donors (Lipinski definition) is 0. The fourth-order valence-electron chi connectivity index (χ4n) is 2.64. The zero-order valence-electron chi connectivity index (χ0n) is 12.2. The fourth-order valence-corrected chi connectivity index (χ4v) is 4.10. The molecule has 4 nitrogen and oxygen atoms in total. The van der Waals surface area contributed by atoms with Gasteiger partial charge >= 0.3 is 0 Å². The Morgan fingerprint density at radius 1 is 1.48 bits per heavy atom. The molecule has 0 aliphatic carbocycles. The van der Waals surface area contributed by atoms with Gasteiger partial charge in [-0.1, -0.05) is 6.07 Å². The van der Waals surface area contributed by atoms with Gasteiger partial charge in [0.2, 0.25) is 10.0 Å². The zero-order chi connectivity index (χ0) is 15.6. The molecule has 2 rings (SSSR count). The molecular formula is C14H20ClFN2O2S. The molecule has 21 heavy (non-hydrogen) atoms. The average molecular weight is 335 g/mol. The highest BCUT2D eigenvalue weighted by Crippen LogP contribution is 2.23. The number of nitrogens with zero attached hydrogens (tertiary/aromatic N) is 2. The van der Waals surface area contributed by atoms with Crippen molar-refractivity contribution in [1.29, 1.82) is 0 Å². The van der Waals surface area contributed by atoms with Gasteiger partial charge in [0.1, 0.15) is 10.7 Å². The number of likely N-dealkylation sites (tertiary alicyclic amines) is 1. The van der Waals surface area contributed by atoms with Crippen molar-refractivity contribution in [3.05, 3.63) is 29.6 Å². The van der Waals surface area contributed by atoms with Gasteiger partial charge in [0.05, 0.1) is 0 Å². The van der Waals surface area contributed by atoms with Gasteiger partial charge in [-0.3, -0.25) is 0 Å². The Hall–Kier alpha value is -0.690. The molecule has 0 aromatic heterocycles. The number of rotatable bonds is 5. The quantitative estimate of drug-likeness (QED) is 0.775. The first-order valence-electron chi connectivity index (χ1n) is 6.84. The summed E-state index contributed by atoms with van der Waals surface area (Å²) < 4.78 is 40.2. The minimum atomic E-state index is -3.80. The molecule has 0 spiro atoms. The van der Waals surface area contributed by atoms with Crippen LogP contribution in [-0.2, 0) is 15.9 Å². The summed E-state index contributed by atoms with van der Waals surface area (Å²) >= 11 is 5.62. The van der Waals surface area contributed by atoms with Crippen molar-refractivity contribution in [2.45, 2.75) is 17.2 Å². The Balaban J connectivity index is 2.17. The molecule has 7 heteroatoms. The predicted octanol–water partition coefficient (Wildman–Crippen LogP) is 2.14. The average Bonchev–Trinajstić information content (AvgIpc) is 2.83. The van der Waals surface area contributed by atoms with Crippen LogP contribution in [0, 0.1) is 11.7 Å². The molecule has 1 aliphatic heterocycles. The summed E-state index contributed by atoms with van der Waals surface area (Å²) in [6, 6.07) is 4.01. The molecule has 118 valence electrons. The highest BCUT2D eigenvalue weighted by Gasteiger charge is 2.29. The van der Waals surface area contributed by atoms with Crippen molar-refractivity contribution < 1.29 is 12.8 Å². The van der Waals surface area contributed by atoms with Crippen molar-refractivity contribution in [2.75, 3.05) is 33.7 Å². The second-order valence-electron chi connectivity index (χ2n) is 5.60. The largest absolute Gasteiger partial charge is 0.306 e. The molecule has 1 aliphatic rings. The highest BCUT2D eigenvalue weighted by atomic mass is 35.5. The van der Waals surface area contributed by atoms with Crippen LogP contribution in [0.2, 0.25) is 0 Å². The van der Waals surface area contributed by atoms with Gasteiger partial charge in [0.25, 0.3) is 0 Å². The molecule has 1 heterocycles. The van der Waals surface area contributed by atoms with Crippen molar-refractivity contribution >= 4 is 21.6 Å². The topological polar surface area (TPSA) is 40.6 Å². The lowest BCUT2D eigenvalue weighted by Crippen LogP contribution is -2.33. The first kappa shape index (κ1) is 16.7. The highest BCUT2D eigenvalue weighted by molar-refractivity contribution is 7.89. The normalized spacial score (nSPS) is 20.3. The molecule has 1 fully saturated rings. The van der Waals surface area contributed by atoms with Crippen molar-refractivity contribution in [1.82, 2.24) is 9.21 Å². The summed E-state index contributed by atoms with van der Waals surface area (Å²) in [6.45, 7) is 2.24. The third kappa shape index (κ3) is 3.74. The van der Waals surface area contributed by atoms with Crippen LogP contribution in [-0.4, -0.2) is 51.4 Å². The molecule has 0 radical (unpaired) electrons. The van der Waals surface area contributed by atoms with Crippen molar-refractivity contribution in [2.24, 2.45) is 5.92 Å². The van der Waals surface area contributed by atoms with E-state index in [4.69, 9.17) is 11.6 Å². The third-order valence-corrected chi connectivity index (χ3v) is 6.01. The number of halogens is 2. The van der Waals surface area contributed by atoms with E-state index in [0.29, 0.717) is 18.0 Å². The summed E-state index contributed by atoms with van der Waals surface area (Å²) in [5, 5.41) is 0. The molecule has 1 saturated heterocycles. The molecule has 1 atom stereocenters. The number of alkyl halides is 1. The van der Waals surface area contributed by atoms with Crippen LogP contribution >= 0.6 is 11.6 Å². The maximum absolute atomic E-state index is 14.0. The van der Waals surface area contributed by atoms with E-state index in [1.165, 1.54) is 23.5 Å². The van der Waals surface area contributed by atoms with E-state index in [0.717, 1.165) is 19.5 Å². The van der Waals surface area contributed by atoms with Crippen LogP contribution in [0.1, 0.15) is 12.0 Å². The number of benzene rings is 1. The maximum atomic E-state index is 14.0. The first-order valence-corrected chi connectivity index (χ1v) is 8.81. The second kappa shape index (κ2) is 6.60. The smallest absolute Gasteiger partial charge is 0.245 e. The van der Waals surface area contributed by atoms with Crippen LogP contribution in [0.15, 0.2) is 23.1 Å². The van der Waals surface area contributed by atoms with Gasteiger partial charge in [0, 0.05) is 26.0 Å². The Morgan fingerprint density at radius 3 is 2.71 bits per heavy atom. The minimum absolute atomic E-state index is 0.154. The van der Waals surface area contributed by atoms with Gasteiger partial charge in [-0.2, -0.15) is 0 Å². The van der Waals surface area contributed by atoms with Gasteiger partial charge in [-0.15, -0.1) is 11.6 Å². The van der Waals surface area contributed by atoms with E-state index in [2.05, 4.69) is 4.90 Å². The Bertz CT molecular complexity index is 609. The van der Waals surface area contributed by atoms with E-state index >= 15 is 0 Å². The molecule has 1 aromatic carbocycles. The Kier molecular flexibility index (Phi) is 5.24. The molecule has 0 amide bonds. The maximum Gasteiger partial charge on any atom is 0.245 e. The van der Waals surface area contributed by atoms with E-state index < -0.39 is 15.8 Å². The lowest BCUT2D eigenvalue weighted by molar-refractivity contribution is 0.356. The predicted molar refractivity (Wildman–Crippen MR) is 81.4 cm³/mol. The second-order valence-corrected chi connectivity index (χ2v) is 7.88. The third-order valence-electron chi connectivity index (χ3n) is 3.84. The van der Waals surface area contributed by atoms with Crippen LogP contribution in [0.4, 0.5) is 4.39 Å². The zero-order valence-corrected chi connectivity index (χ0v) is 13.8. The summed E-state index contributed by atoms with van der Waals surface area (Å²) in [4.78, 5) is 1.88. The molecule has 0 saturated carbocycles. The minimum Gasteiger partial charge on any atom is -0.306 e. The number of sulfonamides is 1. The van der Waals surface area contributed by atoms with Gasteiger partial charge in [-0.05, 0) is 43.6 Å². The van der Waals surface area contributed by atoms with Crippen molar-refractivity contribution in [3.63, 3.8) is 0 Å².